The fraction of sp³-hybridized carbons (Fsp3) is 0.889. The second kappa shape index (κ2) is 5.07. The molecule has 13 heavy (non-hydrogen) atoms. The lowest BCUT2D eigenvalue weighted by Gasteiger charge is -2.11. The van der Waals surface area contributed by atoms with E-state index in [1.165, 1.54) is 12.8 Å². The summed E-state index contributed by atoms with van der Waals surface area (Å²) in [5.74, 6) is 0.604. The Balaban J connectivity index is 2.06. The molecule has 4 nitrogen and oxygen atoms in total. The average Bonchev–Trinajstić information content (AvgIpc) is 2.88. The Morgan fingerprint density at radius 1 is 1.62 bits per heavy atom. The molecule has 4 heteroatoms. The first-order valence-corrected chi connectivity index (χ1v) is 4.97. The predicted octanol–water partition coefficient (Wildman–Crippen LogP) is 0.00480. The van der Waals surface area contributed by atoms with Crippen LogP contribution in [0.25, 0.3) is 0 Å². The maximum Gasteiger partial charge on any atom is 0.188 e. The molecule has 0 aromatic heterocycles. The molecule has 76 valence electrons. The third-order valence-corrected chi connectivity index (χ3v) is 2.23. The molecule has 0 aromatic carbocycles. The summed E-state index contributed by atoms with van der Waals surface area (Å²) >= 11 is 0. The first-order valence-electron chi connectivity index (χ1n) is 4.97. The van der Waals surface area contributed by atoms with Crippen LogP contribution in [0, 0.1) is 0 Å². The molecule has 3 N–H and O–H groups in total. The molecule has 0 radical (unpaired) electrons. The number of hydrogen-bond donors (Lipinski definition) is 2. The Morgan fingerprint density at radius 3 is 2.85 bits per heavy atom. The van der Waals surface area contributed by atoms with Crippen molar-refractivity contribution in [2.45, 2.75) is 25.8 Å². The minimum atomic E-state index is 0.604. The number of nitrogens with two attached hydrogens (primary N) is 1. The molecule has 0 heterocycles. The van der Waals surface area contributed by atoms with E-state index in [9.17, 15) is 0 Å². The van der Waals surface area contributed by atoms with Gasteiger partial charge in [0.05, 0.1) is 6.54 Å². The third kappa shape index (κ3) is 4.72. The molecule has 1 saturated carbocycles. The molecule has 0 unspecified atom stereocenters. The highest BCUT2D eigenvalue weighted by Gasteiger charge is 2.21. The van der Waals surface area contributed by atoms with Gasteiger partial charge in [0.15, 0.2) is 5.96 Å². The molecular weight excluding hydrogens is 164 g/mol. The fourth-order valence-corrected chi connectivity index (χ4v) is 0.982. The Bertz CT molecular complexity index is 174. The summed E-state index contributed by atoms with van der Waals surface area (Å²) in [6, 6.07) is 0.604. The van der Waals surface area contributed by atoms with Crippen LogP contribution in [0.3, 0.4) is 0 Å². The number of aliphatic imine (C=N–C) groups is 1. The summed E-state index contributed by atoms with van der Waals surface area (Å²) in [7, 11) is 2.08. The highest BCUT2D eigenvalue weighted by molar-refractivity contribution is 5.78. The van der Waals surface area contributed by atoms with Crippen molar-refractivity contribution >= 4 is 5.96 Å². The van der Waals surface area contributed by atoms with Crippen LogP contribution in [-0.2, 0) is 0 Å². The Hall–Kier alpha value is -0.770. The van der Waals surface area contributed by atoms with Crippen molar-refractivity contribution in [3.63, 3.8) is 0 Å². The SMILES string of the molecule is CCN(C)CCN=C(N)NC1CC1. The Kier molecular flexibility index (Phi) is 4.02. The third-order valence-electron chi connectivity index (χ3n) is 2.23. The quantitative estimate of drug-likeness (QED) is 0.467. The van der Waals surface area contributed by atoms with Crippen LogP contribution in [-0.4, -0.2) is 43.6 Å². The van der Waals surface area contributed by atoms with Gasteiger partial charge in [-0.1, -0.05) is 6.92 Å². The molecule has 0 saturated heterocycles. The van der Waals surface area contributed by atoms with Crippen LogP contribution in [0.15, 0.2) is 4.99 Å². The maximum atomic E-state index is 5.66. The minimum Gasteiger partial charge on any atom is -0.370 e. The van der Waals surface area contributed by atoms with Crippen molar-refractivity contribution in [1.29, 1.82) is 0 Å². The van der Waals surface area contributed by atoms with Gasteiger partial charge < -0.3 is 16.0 Å². The van der Waals surface area contributed by atoms with Gasteiger partial charge in [-0.05, 0) is 26.4 Å². The summed E-state index contributed by atoms with van der Waals surface area (Å²) in [5.41, 5.74) is 5.66. The summed E-state index contributed by atoms with van der Waals surface area (Å²) in [6.07, 6.45) is 2.48. The van der Waals surface area contributed by atoms with Gasteiger partial charge >= 0.3 is 0 Å². The molecule has 0 atom stereocenters. The monoisotopic (exact) mass is 184 g/mol. The van der Waals surface area contributed by atoms with Crippen LogP contribution in [0.2, 0.25) is 0 Å². The van der Waals surface area contributed by atoms with E-state index in [2.05, 4.69) is 29.2 Å². The first kappa shape index (κ1) is 10.3. The molecule has 0 spiro atoms. The lowest BCUT2D eigenvalue weighted by molar-refractivity contribution is 0.363. The van der Waals surface area contributed by atoms with Crippen molar-refractivity contribution < 1.29 is 0 Å². The van der Waals surface area contributed by atoms with Crippen molar-refractivity contribution in [3.05, 3.63) is 0 Å². The van der Waals surface area contributed by atoms with Gasteiger partial charge in [-0.25, -0.2) is 0 Å². The van der Waals surface area contributed by atoms with Crippen molar-refractivity contribution in [3.8, 4) is 0 Å². The minimum absolute atomic E-state index is 0.604. The van der Waals surface area contributed by atoms with Gasteiger partial charge in [0.2, 0.25) is 0 Å². The molecule has 1 fully saturated rings. The number of nitrogens with one attached hydrogen (secondary N) is 1. The van der Waals surface area contributed by atoms with Crippen molar-refractivity contribution in [2.24, 2.45) is 10.7 Å². The zero-order valence-corrected chi connectivity index (χ0v) is 8.58. The van der Waals surface area contributed by atoms with Gasteiger partial charge in [0.25, 0.3) is 0 Å². The summed E-state index contributed by atoms with van der Waals surface area (Å²) in [4.78, 5) is 6.45. The number of rotatable bonds is 5. The fourth-order valence-electron chi connectivity index (χ4n) is 0.982. The van der Waals surface area contributed by atoms with E-state index < -0.39 is 0 Å². The van der Waals surface area contributed by atoms with E-state index in [1.54, 1.807) is 0 Å². The van der Waals surface area contributed by atoms with E-state index >= 15 is 0 Å². The van der Waals surface area contributed by atoms with Gasteiger partial charge in [0.1, 0.15) is 0 Å². The van der Waals surface area contributed by atoms with E-state index in [0.717, 1.165) is 19.6 Å². The Labute approximate surface area is 80.2 Å². The number of guanidine groups is 1. The topological polar surface area (TPSA) is 53.6 Å². The van der Waals surface area contributed by atoms with Crippen LogP contribution in [0.5, 0.6) is 0 Å². The largest absolute Gasteiger partial charge is 0.370 e. The van der Waals surface area contributed by atoms with Gasteiger partial charge in [-0.3, -0.25) is 4.99 Å². The van der Waals surface area contributed by atoms with Crippen molar-refractivity contribution in [2.75, 3.05) is 26.7 Å². The van der Waals surface area contributed by atoms with Crippen LogP contribution in [0.1, 0.15) is 19.8 Å². The van der Waals surface area contributed by atoms with Crippen LogP contribution < -0.4 is 11.1 Å². The van der Waals surface area contributed by atoms with E-state index in [1.807, 2.05) is 0 Å². The van der Waals surface area contributed by atoms with Crippen LogP contribution in [0.4, 0.5) is 0 Å². The maximum absolute atomic E-state index is 5.66. The molecule has 0 aliphatic heterocycles. The number of likely N-dealkylation sites (N-methyl/N-ethyl adjacent to an activating group) is 1. The lowest BCUT2D eigenvalue weighted by atomic mass is 10.5. The van der Waals surface area contributed by atoms with Crippen LogP contribution >= 0.6 is 0 Å². The van der Waals surface area contributed by atoms with Gasteiger partial charge in [0, 0.05) is 12.6 Å². The first-order chi connectivity index (χ1) is 6.22. The van der Waals surface area contributed by atoms with Gasteiger partial charge in [-0.2, -0.15) is 0 Å². The standard InChI is InChI=1S/C9H20N4/c1-3-13(2)7-6-11-9(10)12-8-4-5-8/h8H,3-7H2,1-2H3,(H3,10,11,12). The molecule has 0 amide bonds. The smallest absolute Gasteiger partial charge is 0.188 e. The molecular formula is C9H20N4. The molecule has 1 aliphatic carbocycles. The molecule has 1 rings (SSSR count). The predicted molar refractivity (Wildman–Crippen MR) is 55.8 cm³/mol. The zero-order valence-electron chi connectivity index (χ0n) is 8.58. The summed E-state index contributed by atoms with van der Waals surface area (Å²) < 4.78 is 0. The second-order valence-electron chi connectivity index (χ2n) is 3.58. The summed E-state index contributed by atoms with van der Waals surface area (Å²) in [5, 5.41) is 3.15. The molecule has 0 aromatic rings. The Morgan fingerprint density at radius 2 is 2.31 bits per heavy atom. The van der Waals surface area contributed by atoms with E-state index in [4.69, 9.17) is 5.73 Å². The van der Waals surface area contributed by atoms with E-state index in [-0.39, 0.29) is 0 Å². The highest BCUT2D eigenvalue weighted by atomic mass is 15.1. The zero-order chi connectivity index (χ0) is 9.68. The molecule has 1 aliphatic rings. The highest BCUT2D eigenvalue weighted by Crippen LogP contribution is 2.17. The second-order valence-corrected chi connectivity index (χ2v) is 3.58. The average molecular weight is 184 g/mol. The van der Waals surface area contributed by atoms with Gasteiger partial charge in [-0.15, -0.1) is 0 Å². The molecule has 0 bridgehead atoms. The lowest BCUT2D eigenvalue weighted by Crippen LogP contribution is -2.34. The van der Waals surface area contributed by atoms with Crippen molar-refractivity contribution in [1.82, 2.24) is 10.2 Å². The normalized spacial score (nSPS) is 17.9. The number of nitrogens with zero attached hydrogens (tertiary/aromatic N) is 2. The number of hydrogen-bond acceptors (Lipinski definition) is 2. The van der Waals surface area contributed by atoms with E-state index in [0.29, 0.717) is 12.0 Å². The summed E-state index contributed by atoms with van der Waals surface area (Å²) in [6.45, 7) is 4.96.